The van der Waals surface area contributed by atoms with Crippen molar-refractivity contribution in [1.82, 2.24) is 24.6 Å². The van der Waals surface area contributed by atoms with Crippen LogP contribution in [0.2, 0.25) is 5.02 Å². The van der Waals surface area contributed by atoms with Crippen molar-refractivity contribution in [2.24, 2.45) is 0 Å². The third-order valence-corrected chi connectivity index (χ3v) is 7.31. The summed E-state index contributed by atoms with van der Waals surface area (Å²) < 4.78 is 7.97. The molecule has 1 amide bonds. The fraction of sp³-hybridized carbons (Fsp3) is 0.591. The van der Waals surface area contributed by atoms with Crippen molar-refractivity contribution in [3.63, 3.8) is 0 Å². The molecule has 0 unspecified atom stereocenters. The molecular formula is C22H30ClN5O2S. The van der Waals surface area contributed by atoms with Crippen LogP contribution in [-0.2, 0) is 16.1 Å². The van der Waals surface area contributed by atoms with Crippen LogP contribution in [0.3, 0.4) is 0 Å². The van der Waals surface area contributed by atoms with Crippen LogP contribution in [0.25, 0.3) is 11.4 Å². The molecule has 2 fully saturated rings. The molecule has 0 N–H and O–H groups in total. The van der Waals surface area contributed by atoms with Crippen molar-refractivity contribution in [3.05, 3.63) is 29.3 Å². The molecule has 1 aromatic carbocycles. The van der Waals surface area contributed by atoms with E-state index in [1.807, 2.05) is 36.1 Å². The van der Waals surface area contributed by atoms with Crippen LogP contribution in [-0.4, -0.2) is 81.2 Å². The van der Waals surface area contributed by atoms with E-state index in [2.05, 4.69) is 26.6 Å². The summed E-state index contributed by atoms with van der Waals surface area (Å²) in [4.78, 5) is 17.4. The van der Waals surface area contributed by atoms with Crippen LogP contribution in [0.4, 0.5) is 0 Å². The first-order chi connectivity index (χ1) is 15.0. The highest BCUT2D eigenvalue weighted by Gasteiger charge is 2.28. The summed E-state index contributed by atoms with van der Waals surface area (Å²) in [6.45, 7) is 10.1. The number of ether oxygens (including phenoxy) is 1. The van der Waals surface area contributed by atoms with E-state index in [4.69, 9.17) is 16.3 Å². The van der Waals surface area contributed by atoms with Crippen molar-refractivity contribution in [1.29, 1.82) is 0 Å². The monoisotopic (exact) mass is 463 g/mol. The van der Waals surface area contributed by atoms with Crippen LogP contribution in [0.15, 0.2) is 29.4 Å². The van der Waals surface area contributed by atoms with E-state index >= 15 is 0 Å². The Morgan fingerprint density at radius 2 is 1.97 bits per heavy atom. The van der Waals surface area contributed by atoms with E-state index in [1.54, 1.807) is 0 Å². The molecule has 2 aliphatic heterocycles. The molecule has 2 atom stereocenters. The van der Waals surface area contributed by atoms with Crippen molar-refractivity contribution in [2.45, 2.75) is 49.7 Å². The lowest BCUT2D eigenvalue weighted by Crippen LogP contribution is -2.50. The summed E-state index contributed by atoms with van der Waals surface area (Å²) >= 11 is 7.55. The summed E-state index contributed by atoms with van der Waals surface area (Å²) in [6, 6.07) is 7.62. The first-order valence-electron chi connectivity index (χ1n) is 11.0. The van der Waals surface area contributed by atoms with Gasteiger partial charge in [0.25, 0.3) is 0 Å². The number of halogens is 1. The van der Waals surface area contributed by atoms with Gasteiger partial charge >= 0.3 is 0 Å². The van der Waals surface area contributed by atoms with Gasteiger partial charge in [0.15, 0.2) is 11.0 Å². The van der Waals surface area contributed by atoms with Crippen LogP contribution < -0.4 is 0 Å². The van der Waals surface area contributed by atoms with Gasteiger partial charge in [-0.1, -0.05) is 30.3 Å². The van der Waals surface area contributed by atoms with Gasteiger partial charge in [0, 0.05) is 43.4 Å². The largest absolute Gasteiger partial charge is 0.376 e. The van der Waals surface area contributed by atoms with E-state index in [-0.39, 0.29) is 17.3 Å². The molecule has 4 rings (SSSR count). The molecule has 9 heteroatoms. The molecule has 2 aromatic rings. The number of thioether (sulfide) groups is 1. The zero-order chi connectivity index (χ0) is 21.8. The van der Waals surface area contributed by atoms with Crippen LogP contribution in [0, 0.1) is 0 Å². The Balaban J connectivity index is 1.51. The minimum atomic E-state index is -0.223. The first kappa shape index (κ1) is 22.6. The van der Waals surface area contributed by atoms with Crippen molar-refractivity contribution in [2.75, 3.05) is 39.3 Å². The van der Waals surface area contributed by atoms with E-state index in [1.165, 1.54) is 11.8 Å². The highest BCUT2D eigenvalue weighted by atomic mass is 35.5. The van der Waals surface area contributed by atoms with Gasteiger partial charge < -0.3 is 14.5 Å². The van der Waals surface area contributed by atoms with Gasteiger partial charge in [-0.3, -0.25) is 9.36 Å². The minimum Gasteiger partial charge on any atom is -0.376 e. The minimum absolute atomic E-state index is 0.148. The number of rotatable bonds is 7. The number of hydrogen-bond acceptors (Lipinski definition) is 6. The molecular weight excluding hydrogens is 434 g/mol. The molecule has 3 heterocycles. The molecule has 0 radical (unpaired) electrons. The zero-order valence-corrected chi connectivity index (χ0v) is 19.7. The van der Waals surface area contributed by atoms with E-state index in [0.717, 1.165) is 68.7 Å². The molecule has 2 saturated heterocycles. The zero-order valence-electron chi connectivity index (χ0n) is 18.2. The second-order valence-corrected chi connectivity index (χ2v) is 9.82. The predicted molar refractivity (Wildman–Crippen MR) is 123 cm³/mol. The normalized spacial score (nSPS) is 20.9. The molecule has 0 bridgehead atoms. The number of likely N-dealkylation sites (N-methyl/N-ethyl adjacent to an activating group) is 1. The molecule has 0 spiro atoms. The van der Waals surface area contributed by atoms with Crippen molar-refractivity contribution in [3.8, 4) is 11.4 Å². The smallest absolute Gasteiger partial charge is 0.235 e. The quantitative estimate of drug-likeness (QED) is 0.586. The number of nitrogens with zero attached hydrogens (tertiary/aromatic N) is 5. The Morgan fingerprint density at radius 3 is 2.61 bits per heavy atom. The number of aromatic nitrogens is 3. The second kappa shape index (κ2) is 10.3. The van der Waals surface area contributed by atoms with E-state index in [9.17, 15) is 4.79 Å². The van der Waals surface area contributed by atoms with E-state index < -0.39 is 0 Å². The number of piperazine rings is 1. The van der Waals surface area contributed by atoms with Gasteiger partial charge in [0.1, 0.15) is 0 Å². The average Bonchev–Trinajstić information content (AvgIpc) is 3.45. The molecule has 1 aromatic heterocycles. The first-order valence-corrected chi connectivity index (χ1v) is 12.3. The Bertz CT molecular complexity index is 877. The second-order valence-electron chi connectivity index (χ2n) is 8.08. The third kappa shape index (κ3) is 5.42. The topological polar surface area (TPSA) is 63.5 Å². The molecule has 0 aliphatic carbocycles. The number of amides is 1. The summed E-state index contributed by atoms with van der Waals surface area (Å²) in [6.07, 6.45) is 2.25. The Kier molecular flexibility index (Phi) is 7.53. The molecule has 31 heavy (non-hydrogen) atoms. The van der Waals surface area contributed by atoms with Crippen LogP contribution in [0.1, 0.15) is 26.7 Å². The Morgan fingerprint density at radius 1 is 1.23 bits per heavy atom. The molecule has 168 valence electrons. The highest BCUT2D eigenvalue weighted by molar-refractivity contribution is 8.00. The van der Waals surface area contributed by atoms with Gasteiger partial charge in [0.2, 0.25) is 5.91 Å². The SMILES string of the molecule is CCN1CCN(C(=O)[C@H](C)Sc2nnc(-c3ccc(Cl)cc3)n2C[C@@H]2CCCO2)CC1. The fourth-order valence-corrected chi connectivity index (χ4v) is 5.16. The fourth-order valence-electron chi connectivity index (χ4n) is 4.10. The lowest BCUT2D eigenvalue weighted by atomic mass is 10.2. The maximum atomic E-state index is 13.1. The number of carbonyl (C=O) groups is 1. The van der Waals surface area contributed by atoms with E-state index in [0.29, 0.717) is 11.6 Å². The van der Waals surface area contributed by atoms with Crippen molar-refractivity contribution < 1.29 is 9.53 Å². The summed E-state index contributed by atoms with van der Waals surface area (Å²) in [5.74, 6) is 0.950. The van der Waals surface area contributed by atoms with Gasteiger partial charge in [-0.15, -0.1) is 10.2 Å². The Labute approximate surface area is 193 Å². The molecule has 2 aliphatic rings. The van der Waals surface area contributed by atoms with Crippen LogP contribution >= 0.6 is 23.4 Å². The summed E-state index contributed by atoms with van der Waals surface area (Å²) in [7, 11) is 0. The predicted octanol–water partition coefficient (Wildman–Crippen LogP) is 3.42. The number of benzene rings is 1. The van der Waals surface area contributed by atoms with Crippen LogP contribution in [0.5, 0.6) is 0 Å². The number of carbonyl (C=O) groups excluding carboxylic acids is 1. The maximum Gasteiger partial charge on any atom is 0.235 e. The lowest BCUT2D eigenvalue weighted by molar-refractivity contribution is -0.132. The van der Waals surface area contributed by atoms with Gasteiger partial charge in [-0.25, -0.2) is 0 Å². The summed E-state index contributed by atoms with van der Waals surface area (Å²) in [5.41, 5.74) is 0.955. The third-order valence-electron chi connectivity index (χ3n) is 5.99. The maximum absolute atomic E-state index is 13.1. The lowest BCUT2D eigenvalue weighted by Gasteiger charge is -2.35. The average molecular weight is 464 g/mol. The number of hydrogen-bond donors (Lipinski definition) is 0. The Hall–Kier alpha value is -1.61. The molecule has 0 saturated carbocycles. The highest BCUT2D eigenvalue weighted by Crippen LogP contribution is 2.30. The van der Waals surface area contributed by atoms with Gasteiger partial charge in [-0.2, -0.15) is 0 Å². The van der Waals surface area contributed by atoms with Gasteiger partial charge in [-0.05, 0) is 50.6 Å². The summed E-state index contributed by atoms with van der Waals surface area (Å²) in [5, 5.41) is 10.1. The standard InChI is InChI=1S/C22H30ClN5O2S/c1-3-26-10-12-27(13-11-26)21(29)16(2)31-22-25-24-20(17-6-8-18(23)9-7-17)28(22)15-19-5-4-14-30-19/h6-9,16,19H,3-5,10-15H2,1-2H3/t16-,19-/m0/s1. The van der Waals surface area contributed by atoms with Gasteiger partial charge in [0.05, 0.1) is 17.9 Å². The van der Waals surface area contributed by atoms with Crippen molar-refractivity contribution >= 4 is 29.3 Å². The molecule has 7 nitrogen and oxygen atoms in total.